The highest BCUT2D eigenvalue weighted by Gasteiger charge is 2.25. The number of esters is 2. The Bertz CT molecular complexity index is 976. The summed E-state index contributed by atoms with van der Waals surface area (Å²) in [5, 5.41) is 0. The molecular weight excluding hydrogens is 629 g/mol. The van der Waals surface area contributed by atoms with Gasteiger partial charge in [0.2, 0.25) is 0 Å². The van der Waals surface area contributed by atoms with Crippen molar-refractivity contribution in [3.63, 3.8) is 0 Å². The Hall–Kier alpha value is -2.29. The first-order valence-corrected chi connectivity index (χ1v) is 19.8. The molecule has 10 heteroatoms. The Kier molecular flexibility index (Phi) is 32.9. The maximum absolute atomic E-state index is 12.5. The minimum absolute atomic E-state index is 0.0435. The third kappa shape index (κ3) is 33.6. The Morgan fingerprint density at radius 1 is 0.646 bits per heavy atom. The molecule has 0 aromatic heterocycles. The van der Waals surface area contributed by atoms with Crippen molar-refractivity contribution >= 4 is 19.8 Å². The number of hydrogen-bond acceptors (Lipinski definition) is 8. The second-order valence-corrected chi connectivity index (χ2v) is 13.2. The summed E-state index contributed by atoms with van der Waals surface area (Å²) < 4.78 is 32.6. The molecule has 48 heavy (non-hydrogen) atoms. The van der Waals surface area contributed by atoms with E-state index in [4.69, 9.17) is 24.3 Å². The molecule has 0 aliphatic carbocycles. The Morgan fingerprint density at radius 2 is 1.15 bits per heavy atom. The van der Waals surface area contributed by atoms with Gasteiger partial charge >= 0.3 is 19.8 Å². The molecule has 3 N–H and O–H groups in total. The summed E-state index contributed by atoms with van der Waals surface area (Å²) in [5.74, 6) is -0.888. The quantitative estimate of drug-likeness (QED) is 0.0298. The first-order valence-electron chi connectivity index (χ1n) is 18.3. The lowest BCUT2D eigenvalue weighted by Crippen LogP contribution is -2.29. The highest BCUT2D eigenvalue weighted by Crippen LogP contribution is 2.43. The zero-order valence-electron chi connectivity index (χ0n) is 29.9. The van der Waals surface area contributed by atoms with Crippen LogP contribution in [0.1, 0.15) is 136 Å². The van der Waals surface area contributed by atoms with Crippen molar-refractivity contribution in [3.05, 3.63) is 60.8 Å². The van der Waals surface area contributed by atoms with Gasteiger partial charge < -0.3 is 20.1 Å². The lowest BCUT2D eigenvalue weighted by molar-refractivity contribution is -0.161. The first-order chi connectivity index (χ1) is 23.3. The lowest BCUT2D eigenvalue weighted by atomic mass is 10.1. The van der Waals surface area contributed by atoms with Gasteiger partial charge in [-0.15, -0.1) is 0 Å². The maximum Gasteiger partial charge on any atom is 0.472 e. The molecular formula is C38H66NO8P. The van der Waals surface area contributed by atoms with Gasteiger partial charge in [-0.05, 0) is 70.6 Å². The lowest BCUT2D eigenvalue weighted by Gasteiger charge is -2.19. The molecule has 0 spiro atoms. The van der Waals surface area contributed by atoms with Crippen molar-refractivity contribution in [2.75, 3.05) is 26.4 Å². The number of unbranched alkanes of at least 4 members (excludes halogenated alkanes) is 10. The molecule has 276 valence electrons. The van der Waals surface area contributed by atoms with Crippen molar-refractivity contribution in [1.82, 2.24) is 0 Å². The van der Waals surface area contributed by atoms with Gasteiger partial charge in [0.15, 0.2) is 6.10 Å². The molecule has 9 nitrogen and oxygen atoms in total. The molecule has 0 heterocycles. The van der Waals surface area contributed by atoms with Crippen LogP contribution >= 0.6 is 7.82 Å². The average Bonchev–Trinajstić information content (AvgIpc) is 3.07. The monoisotopic (exact) mass is 695 g/mol. The van der Waals surface area contributed by atoms with Gasteiger partial charge in [-0.2, -0.15) is 0 Å². The molecule has 0 fully saturated rings. The smallest absolute Gasteiger partial charge is 0.462 e. The summed E-state index contributed by atoms with van der Waals surface area (Å²) in [6.45, 7) is 3.49. The number of phosphoric acid groups is 1. The summed E-state index contributed by atoms with van der Waals surface area (Å²) in [7, 11) is -4.38. The molecule has 0 amide bonds. The molecule has 0 aliphatic rings. The third-order valence-corrected chi connectivity index (χ3v) is 8.12. The van der Waals surface area contributed by atoms with Crippen molar-refractivity contribution in [2.45, 2.75) is 142 Å². The summed E-state index contributed by atoms with van der Waals surface area (Å²) in [5.41, 5.74) is 5.32. The third-order valence-electron chi connectivity index (χ3n) is 7.14. The Morgan fingerprint density at radius 3 is 1.73 bits per heavy atom. The fraction of sp³-hybridized carbons (Fsp3) is 0.684. The molecule has 0 bridgehead atoms. The van der Waals surface area contributed by atoms with Gasteiger partial charge in [-0.1, -0.05) is 113 Å². The Labute approximate surface area is 291 Å². The van der Waals surface area contributed by atoms with Crippen molar-refractivity contribution in [1.29, 1.82) is 0 Å². The van der Waals surface area contributed by atoms with Crippen LogP contribution in [0.2, 0.25) is 0 Å². The summed E-state index contributed by atoms with van der Waals surface area (Å²) >= 11 is 0. The average molecular weight is 696 g/mol. The summed E-state index contributed by atoms with van der Waals surface area (Å²) in [6.07, 6.45) is 38.2. The standard InChI is InChI=1S/C38H66NO8P/c1-3-5-7-9-11-13-15-17-19-20-22-24-26-28-30-37(40)44-34-36(35-46-48(42,43)45-33-32-39)47-38(41)31-29-27-25-23-21-18-16-14-12-10-8-6-4-2/h6,8-9,11-12,14-15,17-18,21,36H,3-5,7,10,13,16,19-20,22-35,39H2,1-2H3,(H,42,43)/b8-6-,11-9-,14-12-,17-15-,21-18-. The topological polar surface area (TPSA) is 134 Å². The summed E-state index contributed by atoms with van der Waals surface area (Å²) in [4.78, 5) is 34.6. The number of carbonyl (C=O) groups excluding carboxylic acids is 2. The highest BCUT2D eigenvalue weighted by molar-refractivity contribution is 7.47. The van der Waals surface area contributed by atoms with Crippen LogP contribution in [-0.4, -0.2) is 49.3 Å². The van der Waals surface area contributed by atoms with Crippen molar-refractivity contribution < 1.29 is 37.6 Å². The number of hydrogen-bond donors (Lipinski definition) is 2. The van der Waals surface area contributed by atoms with E-state index in [0.29, 0.717) is 12.8 Å². The van der Waals surface area contributed by atoms with Gasteiger partial charge in [-0.3, -0.25) is 18.6 Å². The van der Waals surface area contributed by atoms with Gasteiger partial charge in [0.1, 0.15) is 6.61 Å². The number of ether oxygens (including phenoxy) is 2. The van der Waals surface area contributed by atoms with Crippen molar-refractivity contribution in [2.24, 2.45) is 5.73 Å². The van der Waals surface area contributed by atoms with Crippen LogP contribution in [0.3, 0.4) is 0 Å². The van der Waals surface area contributed by atoms with Crippen LogP contribution in [0.5, 0.6) is 0 Å². The number of carbonyl (C=O) groups is 2. The van der Waals surface area contributed by atoms with E-state index < -0.39 is 32.5 Å². The minimum atomic E-state index is -4.38. The molecule has 0 rings (SSSR count). The molecule has 0 saturated heterocycles. The van der Waals surface area contributed by atoms with E-state index in [2.05, 4.69) is 74.6 Å². The van der Waals surface area contributed by atoms with E-state index >= 15 is 0 Å². The molecule has 0 aromatic carbocycles. The fourth-order valence-electron chi connectivity index (χ4n) is 4.43. The van der Waals surface area contributed by atoms with Crippen LogP contribution in [-0.2, 0) is 32.7 Å². The van der Waals surface area contributed by atoms with Crippen molar-refractivity contribution in [3.8, 4) is 0 Å². The van der Waals surface area contributed by atoms with E-state index in [1.165, 1.54) is 12.8 Å². The zero-order chi connectivity index (χ0) is 35.4. The molecule has 2 unspecified atom stereocenters. The molecule has 0 radical (unpaired) electrons. The molecule has 0 saturated carbocycles. The first kappa shape index (κ1) is 45.7. The largest absolute Gasteiger partial charge is 0.472 e. The van der Waals surface area contributed by atoms with Crippen LogP contribution in [0, 0.1) is 0 Å². The van der Waals surface area contributed by atoms with Crippen LogP contribution in [0.25, 0.3) is 0 Å². The number of allylic oxidation sites excluding steroid dienone is 10. The number of rotatable bonds is 33. The predicted octanol–water partition coefficient (Wildman–Crippen LogP) is 9.77. The second-order valence-electron chi connectivity index (χ2n) is 11.7. The highest BCUT2D eigenvalue weighted by atomic mass is 31.2. The van der Waals surface area contributed by atoms with E-state index in [0.717, 1.165) is 83.5 Å². The zero-order valence-corrected chi connectivity index (χ0v) is 30.8. The normalized spacial score (nSPS) is 14.2. The number of nitrogens with two attached hydrogens (primary N) is 1. The van der Waals surface area contributed by atoms with E-state index in [1.807, 2.05) is 0 Å². The van der Waals surface area contributed by atoms with E-state index in [1.54, 1.807) is 0 Å². The molecule has 0 aliphatic heterocycles. The molecule has 0 aromatic rings. The fourth-order valence-corrected chi connectivity index (χ4v) is 5.19. The minimum Gasteiger partial charge on any atom is -0.462 e. The summed E-state index contributed by atoms with van der Waals surface area (Å²) in [6, 6.07) is 0. The van der Waals surface area contributed by atoms with Gasteiger partial charge in [0.25, 0.3) is 0 Å². The van der Waals surface area contributed by atoms with Crippen LogP contribution in [0.15, 0.2) is 60.8 Å². The number of phosphoric ester groups is 1. The van der Waals surface area contributed by atoms with Crippen LogP contribution < -0.4 is 5.73 Å². The molecule has 2 atom stereocenters. The second kappa shape index (κ2) is 34.6. The van der Waals surface area contributed by atoms with Gasteiger partial charge in [0, 0.05) is 19.4 Å². The SMILES string of the molecule is CC/C=C\C/C=C\C/C=C\CCCCCC(=O)OC(COC(=O)CCCCCCC/C=C\C/C=C\CCCC)COP(=O)(O)OCCN. The van der Waals surface area contributed by atoms with Gasteiger partial charge in [-0.25, -0.2) is 4.57 Å². The Balaban J connectivity index is 4.33. The van der Waals surface area contributed by atoms with E-state index in [-0.39, 0.29) is 32.6 Å². The predicted molar refractivity (Wildman–Crippen MR) is 196 cm³/mol. The van der Waals surface area contributed by atoms with E-state index in [9.17, 15) is 19.0 Å². The van der Waals surface area contributed by atoms with Gasteiger partial charge in [0.05, 0.1) is 13.2 Å². The maximum atomic E-state index is 12.5. The van der Waals surface area contributed by atoms with Crippen LogP contribution in [0.4, 0.5) is 0 Å².